The molecule has 1 N–H and O–H groups in total. The molecular weight excluding hydrogens is 412 g/mol. The van der Waals surface area contributed by atoms with Gasteiger partial charge in [-0.05, 0) is 36.8 Å². The highest BCUT2D eigenvalue weighted by Crippen LogP contribution is 2.20. The summed E-state index contributed by atoms with van der Waals surface area (Å²) >= 11 is 0. The average Bonchev–Trinajstić information content (AvgIpc) is 3.12. The summed E-state index contributed by atoms with van der Waals surface area (Å²) in [4.78, 5) is 4.00. The highest BCUT2D eigenvalue weighted by Gasteiger charge is 2.21. The van der Waals surface area contributed by atoms with Gasteiger partial charge in [-0.2, -0.15) is 0 Å². The lowest BCUT2D eigenvalue weighted by Crippen LogP contribution is -2.25. The minimum absolute atomic E-state index is 0.0424. The highest BCUT2D eigenvalue weighted by molar-refractivity contribution is 7.90. The maximum atomic E-state index is 12.8. The van der Waals surface area contributed by atoms with Gasteiger partial charge in [-0.25, -0.2) is 30.8 Å². The van der Waals surface area contributed by atoms with E-state index in [9.17, 15) is 16.8 Å². The van der Waals surface area contributed by atoms with Crippen molar-refractivity contribution in [3.05, 3.63) is 72.3 Å². The molecule has 0 aliphatic heterocycles. The Morgan fingerprint density at radius 1 is 1.00 bits per heavy atom. The van der Waals surface area contributed by atoms with E-state index in [1.807, 2.05) is 35.8 Å². The van der Waals surface area contributed by atoms with Crippen molar-refractivity contribution in [2.75, 3.05) is 14.1 Å². The fraction of sp³-hybridized carbons (Fsp3) is 0.211. The number of benzene rings is 2. The van der Waals surface area contributed by atoms with Crippen LogP contribution in [0.15, 0.2) is 70.7 Å². The number of hydrogen-bond donors (Lipinski definition) is 1. The molecule has 3 aromatic rings. The first-order valence-corrected chi connectivity index (χ1v) is 11.7. The van der Waals surface area contributed by atoms with Gasteiger partial charge in [-0.15, -0.1) is 0 Å². The van der Waals surface area contributed by atoms with E-state index in [0.29, 0.717) is 0 Å². The third kappa shape index (κ3) is 4.40. The van der Waals surface area contributed by atoms with Gasteiger partial charge in [0, 0.05) is 33.0 Å². The Bertz CT molecular complexity index is 1230. The van der Waals surface area contributed by atoms with Gasteiger partial charge in [0.1, 0.15) is 5.82 Å². The number of hydrogen-bond acceptors (Lipinski definition) is 5. The fourth-order valence-electron chi connectivity index (χ4n) is 2.80. The van der Waals surface area contributed by atoms with E-state index in [2.05, 4.69) is 9.71 Å². The van der Waals surface area contributed by atoms with Crippen molar-refractivity contribution in [1.82, 2.24) is 18.6 Å². The summed E-state index contributed by atoms with van der Waals surface area (Å²) < 4.78 is 55.6. The van der Waals surface area contributed by atoms with Gasteiger partial charge in [0.2, 0.25) is 20.0 Å². The summed E-state index contributed by atoms with van der Waals surface area (Å²) in [5.74, 6) is 0.780. The van der Waals surface area contributed by atoms with Gasteiger partial charge in [0.25, 0.3) is 0 Å². The van der Waals surface area contributed by atoms with E-state index in [1.54, 1.807) is 12.4 Å². The minimum atomic E-state index is -3.92. The third-order valence-corrected chi connectivity index (χ3v) is 7.63. The molecule has 0 radical (unpaired) electrons. The molecule has 8 nitrogen and oxygen atoms in total. The van der Waals surface area contributed by atoms with Crippen LogP contribution in [0.4, 0.5) is 0 Å². The molecule has 0 aliphatic carbocycles. The zero-order valence-corrected chi connectivity index (χ0v) is 17.9. The Labute approximate surface area is 170 Å². The molecule has 0 saturated carbocycles. The second kappa shape index (κ2) is 8.07. The smallest absolute Gasteiger partial charge is 0.242 e. The molecule has 0 bridgehead atoms. The lowest BCUT2D eigenvalue weighted by molar-refractivity contribution is 0.520. The van der Waals surface area contributed by atoms with Crippen LogP contribution in [0.25, 0.3) is 5.69 Å². The predicted octanol–water partition coefficient (Wildman–Crippen LogP) is 1.91. The molecule has 3 rings (SSSR count). The first-order valence-electron chi connectivity index (χ1n) is 8.73. The van der Waals surface area contributed by atoms with E-state index >= 15 is 0 Å². The zero-order chi connectivity index (χ0) is 21.2. The van der Waals surface area contributed by atoms with Gasteiger partial charge in [-0.1, -0.05) is 24.3 Å². The monoisotopic (exact) mass is 434 g/mol. The Morgan fingerprint density at radius 2 is 1.69 bits per heavy atom. The number of rotatable bonds is 7. The molecule has 0 spiro atoms. The zero-order valence-electron chi connectivity index (χ0n) is 16.3. The second-order valence-electron chi connectivity index (χ2n) is 6.56. The number of imidazole rings is 1. The van der Waals surface area contributed by atoms with Crippen LogP contribution in [-0.2, 0) is 26.6 Å². The minimum Gasteiger partial charge on any atom is -0.304 e. The number of aryl methyl sites for hydroxylation is 1. The van der Waals surface area contributed by atoms with E-state index in [4.69, 9.17) is 0 Å². The van der Waals surface area contributed by atoms with Crippen LogP contribution >= 0.6 is 0 Å². The lowest BCUT2D eigenvalue weighted by Gasteiger charge is -2.14. The van der Waals surface area contributed by atoms with E-state index in [0.717, 1.165) is 27.4 Å². The number of para-hydroxylation sites is 1. The number of nitrogens with zero attached hydrogens (tertiary/aromatic N) is 3. The van der Waals surface area contributed by atoms with Gasteiger partial charge >= 0.3 is 0 Å². The van der Waals surface area contributed by atoms with Crippen molar-refractivity contribution in [2.45, 2.75) is 23.3 Å². The van der Waals surface area contributed by atoms with Crippen molar-refractivity contribution in [3.63, 3.8) is 0 Å². The first kappa shape index (κ1) is 21.2. The summed E-state index contributed by atoms with van der Waals surface area (Å²) in [5, 5.41) is 0. The molecule has 29 heavy (non-hydrogen) atoms. The topological polar surface area (TPSA) is 101 Å². The summed E-state index contributed by atoms with van der Waals surface area (Å²) in [6.45, 7) is 1.90. The molecule has 2 aromatic carbocycles. The Balaban J connectivity index is 1.89. The number of sulfonamides is 2. The number of nitrogens with one attached hydrogen (secondary N) is 1. The third-order valence-electron chi connectivity index (χ3n) is 4.42. The van der Waals surface area contributed by atoms with Crippen LogP contribution in [0.2, 0.25) is 0 Å². The van der Waals surface area contributed by atoms with Crippen LogP contribution in [0.5, 0.6) is 0 Å². The molecule has 154 valence electrons. The molecule has 1 aromatic heterocycles. The van der Waals surface area contributed by atoms with Gasteiger partial charge in [0.05, 0.1) is 15.5 Å². The molecular formula is C19H22N4O4S2. The molecule has 0 atom stereocenters. The maximum Gasteiger partial charge on any atom is 0.242 e. The molecule has 0 aliphatic rings. The van der Waals surface area contributed by atoms with Crippen molar-refractivity contribution >= 4 is 20.0 Å². The van der Waals surface area contributed by atoms with Crippen molar-refractivity contribution in [2.24, 2.45) is 0 Å². The van der Waals surface area contributed by atoms with Crippen LogP contribution in [0, 0.1) is 6.92 Å². The first-order chi connectivity index (χ1) is 13.6. The predicted molar refractivity (Wildman–Crippen MR) is 110 cm³/mol. The van der Waals surface area contributed by atoms with Crippen LogP contribution in [-0.4, -0.2) is 44.8 Å². The van der Waals surface area contributed by atoms with E-state index in [-0.39, 0.29) is 16.3 Å². The molecule has 0 fully saturated rings. The molecule has 0 amide bonds. The largest absolute Gasteiger partial charge is 0.304 e. The highest BCUT2D eigenvalue weighted by atomic mass is 32.2. The molecule has 0 unspecified atom stereocenters. The van der Waals surface area contributed by atoms with Gasteiger partial charge < -0.3 is 4.57 Å². The van der Waals surface area contributed by atoms with E-state index < -0.39 is 20.0 Å². The Kier molecular flexibility index (Phi) is 5.90. The summed E-state index contributed by atoms with van der Waals surface area (Å²) in [6, 6.07) is 12.7. The summed E-state index contributed by atoms with van der Waals surface area (Å²) in [6.07, 6.45) is 3.48. The Hall–Kier alpha value is -2.53. The normalized spacial score (nSPS) is 12.4. The van der Waals surface area contributed by atoms with Crippen molar-refractivity contribution in [3.8, 4) is 5.69 Å². The maximum absolute atomic E-state index is 12.8. The number of aromatic nitrogens is 2. The summed E-state index contributed by atoms with van der Waals surface area (Å²) in [7, 11) is -4.87. The average molecular weight is 435 g/mol. The van der Waals surface area contributed by atoms with Gasteiger partial charge in [-0.3, -0.25) is 0 Å². The van der Waals surface area contributed by atoms with Crippen LogP contribution in [0.1, 0.15) is 11.4 Å². The lowest BCUT2D eigenvalue weighted by atomic mass is 10.2. The van der Waals surface area contributed by atoms with Crippen LogP contribution in [0.3, 0.4) is 0 Å². The van der Waals surface area contributed by atoms with Crippen molar-refractivity contribution in [1.29, 1.82) is 0 Å². The SMILES string of the molecule is Cc1nccn1-c1ccccc1CNS(=O)(=O)c1cccc(S(=O)(=O)N(C)C)c1. The van der Waals surface area contributed by atoms with Gasteiger partial charge in [0.15, 0.2) is 0 Å². The molecule has 1 heterocycles. The fourth-order valence-corrected chi connectivity index (χ4v) is 4.87. The summed E-state index contributed by atoms with van der Waals surface area (Å²) in [5.41, 5.74) is 1.57. The van der Waals surface area contributed by atoms with E-state index in [1.165, 1.54) is 32.3 Å². The van der Waals surface area contributed by atoms with Crippen LogP contribution < -0.4 is 4.72 Å². The quantitative estimate of drug-likeness (QED) is 0.612. The van der Waals surface area contributed by atoms with Crippen molar-refractivity contribution < 1.29 is 16.8 Å². The second-order valence-corrected chi connectivity index (χ2v) is 10.5. The Morgan fingerprint density at radius 3 is 2.34 bits per heavy atom. The molecule has 10 heteroatoms. The standard InChI is InChI=1S/C19H22N4O4S2/c1-15-20-11-12-23(15)19-10-5-4-7-16(19)14-21-28(24,25)17-8-6-9-18(13-17)29(26,27)22(2)3/h4-13,21H,14H2,1-3H3. The molecule has 0 saturated heterocycles.